The molecule has 7 nitrogen and oxygen atoms in total. The number of rotatable bonds is 10. The van der Waals surface area contributed by atoms with E-state index in [0.29, 0.717) is 31.1 Å². The average molecular weight is 427 g/mol. The van der Waals surface area contributed by atoms with Crippen molar-refractivity contribution < 1.29 is 14.3 Å². The minimum Gasteiger partial charge on any atom is -0.383 e. The minimum absolute atomic E-state index is 0.108. The molecule has 0 atom stereocenters. The summed E-state index contributed by atoms with van der Waals surface area (Å²) in [5, 5.41) is 12.3. The first-order valence-electron chi connectivity index (χ1n) is 9.62. The molecule has 0 aliphatic heterocycles. The fraction of sp³-hybridized carbons (Fsp3) is 0.318. The quantitative estimate of drug-likeness (QED) is 0.396. The summed E-state index contributed by atoms with van der Waals surface area (Å²) in [6.07, 6.45) is 0. The van der Waals surface area contributed by atoms with Crippen LogP contribution in [-0.2, 0) is 21.8 Å². The van der Waals surface area contributed by atoms with Gasteiger partial charge in [0.15, 0.2) is 11.0 Å². The number of ether oxygens (including phenoxy) is 2. The molecule has 0 aliphatic rings. The number of carbonyl (C=O) groups is 1. The van der Waals surface area contributed by atoms with Crippen LogP contribution in [0.2, 0.25) is 0 Å². The molecule has 0 radical (unpaired) electrons. The second-order valence-electron chi connectivity index (χ2n) is 6.70. The van der Waals surface area contributed by atoms with Crippen LogP contribution in [0.3, 0.4) is 0 Å². The van der Waals surface area contributed by atoms with Crippen LogP contribution >= 0.6 is 11.8 Å². The van der Waals surface area contributed by atoms with Gasteiger partial charge in [0.1, 0.15) is 6.61 Å². The van der Waals surface area contributed by atoms with Gasteiger partial charge >= 0.3 is 0 Å². The number of methoxy groups -OCH3 is 2. The lowest BCUT2D eigenvalue weighted by atomic mass is 10.1. The summed E-state index contributed by atoms with van der Waals surface area (Å²) < 4.78 is 12.3. The minimum atomic E-state index is -0.108. The van der Waals surface area contributed by atoms with Gasteiger partial charge < -0.3 is 14.8 Å². The summed E-state index contributed by atoms with van der Waals surface area (Å²) in [6, 6.07) is 15.8. The van der Waals surface area contributed by atoms with E-state index in [2.05, 4.69) is 34.6 Å². The third kappa shape index (κ3) is 5.47. The van der Waals surface area contributed by atoms with Crippen LogP contribution in [-0.4, -0.2) is 48.0 Å². The highest BCUT2D eigenvalue weighted by Gasteiger charge is 2.16. The number of hydrogen-bond acceptors (Lipinski definition) is 6. The Morgan fingerprint density at radius 1 is 1.07 bits per heavy atom. The van der Waals surface area contributed by atoms with E-state index < -0.39 is 0 Å². The van der Waals surface area contributed by atoms with E-state index in [1.807, 2.05) is 41.0 Å². The van der Waals surface area contributed by atoms with E-state index in [0.717, 1.165) is 22.2 Å². The van der Waals surface area contributed by atoms with Crippen molar-refractivity contribution in [3.8, 4) is 5.69 Å². The Hall–Kier alpha value is -2.68. The number of aryl methyl sites for hydroxylation is 1. The molecule has 1 amide bonds. The average Bonchev–Trinajstić information content (AvgIpc) is 3.16. The fourth-order valence-electron chi connectivity index (χ4n) is 2.94. The number of benzene rings is 2. The molecule has 0 saturated carbocycles. The van der Waals surface area contributed by atoms with Gasteiger partial charge in [0.05, 0.1) is 6.61 Å². The van der Waals surface area contributed by atoms with E-state index in [-0.39, 0.29) is 5.91 Å². The van der Waals surface area contributed by atoms with E-state index in [4.69, 9.17) is 9.47 Å². The van der Waals surface area contributed by atoms with Gasteiger partial charge in [0.25, 0.3) is 5.91 Å². The van der Waals surface area contributed by atoms with Gasteiger partial charge in [-0.1, -0.05) is 47.7 Å². The van der Waals surface area contributed by atoms with Gasteiger partial charge in [-0.3, -0.25) is 9.36 Å². The van der Waals surface area contributed by atoms with Crippen LogP contribution in [0.1, 0.15) is 27.3 Å². The molecule has 1 aromatic heterocycles. The van der Waals surface area contributed by atoms with Crippen LogP contribution < -0.4 is 5.32 Å². The Labute approximate surface area is 180 Å². The summed E-state index contributed by atoms with van der Waals surface area (Å²) >= 11 is 1.53. The first-order valence-corrected chi connectivity index (χ1v) is 10.6. The molecule has 3 aromatic rings. The first-order chi connectivity index (χ1) is 14.6. The van der Waals surface area contributed by atoms with Crippen molar-refractivity contribution in [3.63, 3.8) is 0 Å². The van der Waals surface area contributed by atoms with E-state index >= 15 is 0 Å². The van der Waals surface area contributed by atoms with Crippen molar-refractivity contribution in [2.75, 3.05) is 27.4 Å². The molecule has 3 rings (SSSR count). The number of aromatic nitrogens is 3. The van der Waals surface area contributed by atoms with Crippen molar-refractivity contribution in [1.82, 2.24) is 20.1 Å². The molecule has 0 saturated heterocycles. The van der Waals surface area contributed by atoms with Crippen molar-refractivity contribution in [3.05, 3.63) is 71.0 Å². The van der Waals surface area contributed by atoms with E-state index in [1.54, 1.807) is 14.2 Å². The molecule has 0 unspecified atom stereocenters. The standard InChI is InChI=1S/C22H26N4O3S/c1-16-8-10-18(11-9-16)26-20(14-29-3)24-25-22(26)30-15-17-6-4-5-7-19(17)21(27)23-12-13-28-2/h4-11H,12-15H2,1-3H3,(H,23,27). The summed E-state index contributed by atoms with van der Waals surface area (Å²) in [6.45, 7) is 3.36. The molecule has 2 aromatic carbocycles. The number of nitrogens with one attached hydrogen (secondary N) is 1. The Morgan fingerprint density at radius 3 is 2.57 bits per heavy atom. The number of thioether (sulfide) groups is 1. The summed E-state index contributed by atoms with van der Waals surface area (Å²) in [5.41, 5.74) is 3.75. The van der Waals surface area contributed by atoms with Crippen LogP contribution in [0.15, 0.2) is 53.7 Å². The van der Waals surface area contributed by atoms with Crippen molar-refractivity contribution in [2.45, 2.75) is 24.4 Å². The fourth-order valence-corrected chi connectivity index (χ4v) is 3.92. The zero-order valence-electron chi connectivity index (χ0n) is 17.4. The molecule has 30 heavy (non-hydrogen) atoms. The smallest absolute Gasteiger partial charge is 0.251 e. The maximum atomic E-state index is 12.5. The second-order valence-corrected chi connectivity index (χ2v) is 7.64. The van der Waals surface area contributed by atoms with Crippen molar-refractivity contribution in [1.29, 1.82) is 0 Å². The topological polar surface area (TPSA) is 78.3 Å². The summed E-state index contributed by atoms with van der Waals surface area (Å²) in [4.78, 5) is 12.5. The lowest BCUT2D eigenvalue weighted by Crippen LogP contribution is -2.27. The normalized spacial score (nSPS) is 10.9. The van der Waals surface area contributed by atoms with Crippen molar-refractivity contribution in [2.24, 2.45) is 0 Å². The van der Waals surface area contributed by atoms with Crippen LogP contribution in [0.4, 0.5) is 0 Å². The van der Waals surface area contributed by atoms with Crippen molar-refractivity contribution >= 4 is 17.7 Å². The molecule has 8 heteroatoms. The Bertz CT molecular complexity index is 973. The highest BCUT2D eigenvalue weighted by Crippen LogP contribution is 2.27. The number of amides is 1. The number of hydrogen-bond donors (Lipinski definition) is 1. The highest BCUT2D eigenvalue weighted by molar-refractivity contribution is 7.98. The third-order valence-electron chi connectivity index (χ3n) is 4.48. The molecular weight excluding hydrogens is 400 g/mol. The molecule has 1 N–H and O–H groups in total. The Morgan fingerprint density at radius 2 is 1.83 bits per heavy atom. The maximum Gasteiger partial charge on any atom is 0.251 e. The SMILES string of the molecule is COCCNC(=O)c1ccccc1CSc1nnc(COC)n1-c1ccc(C)cc1. The maximum absolute atomic E-state index is 12.5. The van der Waals surface area contributed by atoms with Crippen LogP contribution in [0.5, 0.6) is 0 Å². The van der Waals surface area contributed by atoms with Gasteiger partial charge in [0, 0.05) is 37.8 Å². The molecule has 1 heterocycles. The van der Waals surface area contributed by atoms with Gasteiger partial charge in [-0.05, 0) is 30.7 Å². The highest BCUT2D eigenvalue weighted by atomic mass is 32.2. The van der Waals surface area contributed by atoms with E-state index in [1.165, 1.54) is 17.3 Å². The van der Waals surface area contributed by atoms with Crippen LogP contribution in [0.25, 0.3) is 5.69 Å². The van der Waals surface area contributed by atoms with Gasteiger partial charge in [-0.15, -0.1) is 10.2 Å². The molecule has 158 valence electrons. The number of nitrogens with zero attached hydrogens (tertiary/aromatic N) is 3. The van der Waals surface area contributed by atoms with Gasteiger partial charge in [-0.25, -0.2) is 0 Å². The largest absolute Gasteiger partial charge is 0.383 e. The Kier molecular flexibility index (Phi) is 8.01. The van der Waals surface area contributed by atoms with Gasteiger partial charge in [-0.2, -0.15) is 0 Å². The monoisotopic (exact) mass is 426 g/mol. The lowest BCUT2D eigenvalue weighted by Gasteiger charge is -2.12. The number of carbonyl (C=O) groups excluding carboxylic acids is 1. The Balaban J connectivity index is 1.81. The van der Waals surface area contributed by atoms with Crippen LogP contribution in [0, 0.1) is 6.92 Å². The zero-order chi connectivity index (χ0) is 21.3. The van der Waals surface area contributed by atoms with Gasteiger partial charge in [0.2, 0.25) is 0 Å². The first kappa shape index (κ1) is 22.0. The zero-order valence-corrected chi connectivity index (χ0v) is 18.2. The predicted molar refractivity (Wildman–Crippen MR) is 117 cm³/mol. The predicted octanol–water partition coefficient (Wildman–Crippen LogP) is 3.39. The third-order valence-corrected chi connectivity index (χ3v) is 5.45. The second kappa shape index (κ2) is 10.9. The summed E-state index contributed by atoms with van der Waals surface area (Å²) in [7, 11) is 3.25. The molecular formula is C22H26N4O3S. The molecule has 0 spiro atoms. The van der Waals surface area contributed by atoms with E-state index in [9.17, 15) is 4.79 Å². The lowest BCUT2D eigenvalue weighted by molar-refractivity contribution is 0.0936. The molecule has 0 fully saturated rings. The molecule has 0 aliphatic carbocycles. The molecule has 0 bridgehead atoms. The summed E-state index contributed by atoms with van der Waals surface area (Å²) in [5.74, 6) is 1.21.